The largest absolute Gasteiger partial charge is 0.368 e. The minimum atomic E-state index is 0.294. The maximum absolute atomic E-state index is 9.20. The van der Waals surface area contributed by atoms with Crippen LogP contribution in [0.3, 0.4) is 0 Å². The van der Waals surface area contributed by atoms with E-state index in [2.05, 4.69) is 51.8 Å². The van der Waals surface area contributed by atoms with Crippen molar-refractivity contribution in [2.24, 2.45) is 0 Å². The summed E-state index contributed by atoms with van der Waals surface area (Å²) in [5.41, 5.74) is 2.61. The Hall–Kier alpha value is -2.06. The Morgan fingerprint density at radius 1 is 1.30 bits per heavy atom. The molecule has 0 saturated carbocycles. The van der Waals surface area contributed by atoms with Crippen molar-refractivity contribution >= 4 is 11.2 Å². The first kappa shape index (κ1) is 12.9. The first-order valence-electron chi connectivity index (χ1n) is 7.08. The average molecular weight is 269 g/mol. The summed E-state index contributed by atoms with van der Waals surface area (Å²) in [5.74, 6) is 1.25. The molecule has 5 heteroatoms. The van der Waals surface area contributed by atoms with Crippen molar-refractivity contribution in [3.63, 3.8) is 0 Å². The summed E-state index contributed by atoms with van der Waals surface area (Å²) in [7, 11) is 0. The molecular formula is C15H19N5. The summed E-state index contributed by atoms with van der Waals surface area (Å²) < 4.78 is 2.07. The number of rotatable bonds is 2. The predicted molar refractivity (Wildman–Crippen MR) is 79.1 cm³/mol. The number of anilines is 1. The Labute approximate surface area is 118 Å². The summed E-state index contributed by atoms with van der Waals surface area (Å²) in [6, 6.07) is 6.29. The fourth-order valence-electron chi connectivity index (χ4n) is 2.70. The Morgan fingerprint density at radius 2 is 2.05 bits per heavy atom. The zero-order valence-corrected chi connectivity index (χ0v) is 11.9. The molecule has 0 radical (unpaired) electrons. The Kier molecular flexibility index (Phi) is 3.33. The summed E-state index contributed by atoms with van der Waals surface area (Å²) >= 11 is 0. The Balaban J connectivity index is 2.09. The van der Waals surface area contributed by atoms with E-state index < -0.39 is 0 Å². The van der Waals surface area contributed by atoms with Gasteiger partial charge < -0.3 is 14.6 Å². The van der Waals surface area contributed by atoms with E-state index in [1.165, 1.54) is 5.69 Å². The highest BCUT2D eigenvalue weighted by Crippen LogP contribution is 2.23. The third kappa shape index (κ3) is 2.12. The van der Waals surface area contributed by atoms with Crippen molar-refractivity contribution in [2.45, 2.75) is 19.8 Å². The molecule has 2 aromatic rings. The number of pyridine rings is 1. The Bertz CT molecular complexity index is 659. The van der Waals surface area contributed by atoms with E-state index in [4.69, 9.17) is 0 Å². The van der Waals surface area contributed by atoms with E-state index in [0.717, 1.165) is 37.5 Å². The van der Waals surface area contributed by atoms with Gasteiger partial charge in [0.25, 0.3) is 0 Å². The molecule has 2 aromatic heterocycles. The van der Waals surface area contributed by atoms with Gasteiger partial charge in [0, 0.05) is 38.3 Å². The molecule has 0 aromatic carbocycles. The molecule has 3 heterocycles. The van der Waals surface area contributed by atoms with Crippen LogP contribution >= 0.6 is 0 Å². The van der Waals surface area contributed by atoms with Crippen LogP contribution in [-0.4, -0.2) is 35.6 Å². The van der Waals surface area contributed by atoms with Crippen LogP contribution in [0.25, 0.3) is 5.52 Å². The highest BCUT2D eigenvalue weighted by Gasteiger charge is 2.16. The van der Waals surface area contributed by atoms with Crippen LogP contribution in [0.5, 0.6) is 0 Å². The SMILES string of the molecule is CC(C)c1nc(C#N)c2ccc(N3CCNCC3)cn12. The van der Waals surface area contributed by atoms with Gasteiger partial charge in [-0.3, -0.25) is 0 Å². The van der Waals surface area contributed by atoms with E-state index in [9.17, 15) is 5.26 Å². The number of piperazine rings is 1. The molecule has 0 unspecified atom stereocenters. The zero-order valence-electron chi connectivity index (χ0n) is 11.9. The third-order valence-electron chi connectivity index (χ3n) is 3.75. The van der Waals surface area contributed by atoms with Crippen LogP contribution < -0.4 is 10.2 Å². The summed E-state index contributed by atoms with van der Waals surface area (Å²) in [4.78, 5) is 6.83. The summed E-state index contributed by atoms with van der Waals surface area (Å²) in [6.07, 6.45) is 2.11. The van der Waals surface area contributed by atoms with Crippen molar-refractivity contribution in [1.82, 2.24) is 14.7 Å². The molecule has 104 valence electrons. The fourth-order valence-corrected chi connectivity index (χ4v) is 2.70. The molecule has 0 bridgehead atoms. The lowest BCUT2D eigenvalue weighted by atomic mass is 10.2. The van der Waals surface area contributed by atoms with Crippen molar-refractivity contribution in [3.05, 3.63) is 29.8 Å². The number of aromatic nitrogens is 2. The van der Waals surface area contributed by atoms with Crippen LogP contribution in [0.15, 0.2) is 18.3 Å². The van der Waals surface area contributed by atoms with E-state index in [0.29, 0.717) is 11.6 Å². The van der Waals surface area contributed by atoms with Gasteiger partial charge in [0.2, 0.25) is 0 Å². The summed E-state index contributed by atoms with van der Waals surface area (Å²) in [6.45, 7) is 8.27. The first-order chi connectivity index (χ1) is 9.70. The molecule has 1 saturated heterocycles. The smallest absolute Gasteiger partial charge is 0.166 e. The molecule has 1 aliphatic rings. The molecular weight excluding hydrogens is 250 g/mol. The van der Waals surface area contributed by atoms with Gasteiger partial charge in [0.15, 0.2) is 5.69 Å². The number of nitrogens with one attached hydrogen (secondary N) is 1. The van der Waals surface area contributed by atoms with Crippen molar-refractivity contribution < 1.29 is 0 Å². The zero-order chi connectivity index (χ0) is 14.1. The van der Waals surface area contributed by atoms with E-state index in [1.54, 1.807) is 0 Å². The standard InChI is InChI=1S/C15H19N5/c1-11(2)15-18-13(9-16)14-4-3-12(10-20(14)15)19-7-5-17-6-8-19/h3-4,10-11,17H,5-8H2,1-2H3. The van der Waals surface area contributed by atoms with E-state index in [-0.39, 0.29) is 0 Å². The number of nitrogens with zero attached hydrogens (tertiary/aromatic N) is 4. The molecule has 0 spiro atoms. The van der Waals surface area contributed by atoms with Gasteiger partial charge in [-0.05, 0) is 12.1 Å². The predicted octanol–water partition coefficient (Wildman–Crippen LogP) is 1.74. The molecule has 3 rings (SSSR count). The average Bonchev–Trinajstić information content (AvgIpc) is 2.86. The van der Waals surface area contributed by atoms with Gasteiger partial charge in [-0.25, -0.2) is 4.98 Å². The molecule has 1 aliphatic heterocycles. The monoisotopic (exact) mass is 269 g/mol. The maximum Gasteiger partial charge on any atom is 0.166 e. The maximum atomic E-state index is 9.20. The lowest BCUT2D eigenvalue weighted by Crippen LogP contribution is -2.43. The molecule has 0 atom stereocenters. The molecule has 5 nitrogen and oxygen atoms in total. The number of imidazole rings is 1. The topological polar surface area (TPSA) is 56.4 Å². The lowest BCUT2D eigenvalue weighted by Gasteiger charge is -2.29. The first-order valence-corrected chi connectivity index (χ1v) is 7.08. The van der Waals surface area contributed by atoms with Crippen molar-refractivity contribution in [3.8, 4) is 6.07 Å². The minimum Gasteiger partial charge on any atom is -0.368 e. The fraction of sp³-hybridized carbons (Fsp3) is 0.467. The van der Waals surface area contributed by atoms with Gasteiger partial charge in [-0.1, -0.05) is 13.8 Å². The van der Waals surface area contributed by atoms with Gasteiger partial charge in [0.05, 0.1) is 11.2 Å². The molecule has 1 N–H and O–H groups in total. The summed E-state index contributed by atoms with van der Waals surface area (Å²) in [5, 5.41) is 12.6. The van der Waals surface area contributed by atoms with Gasteiger partial charge >= 0.3 is 0 Å². The van der Waals surface area contributed by atoms with E-state index >= 15 is 0 Å². The Morgan fingerprint density at radius 3 is 2.70 bits per heavy atom. The van der Waals surface area contributed by atoms with Crippen LogP contribution in [0, 0.1) is 11.3 Å². The highest BCUT2D eigenvalue weighted by molar-refractivity contribution is 5.63. The molecule has 0 aliphatic carbocycles. The van der Waals surface area contributed by atoms with Crippen LogP contribution in [-0.2, 0) is 0 Å². The van der Waals surface area contributed by atoms with Crippen LogP contribution in [0.1, 0.15) is 31.3 Å². The molecule has 0 amide bonds. The van der Waals surface area contributed by atoms with Gasteiger partial charge in [-0.15, -0.1) is 0 Å². The third-order valence-corrected chi connectivity index (χ3v) is 3.75. The number of hydrogen-bond acceptors (Lipinski definition) is 4. The second-order valence-electron chi connectivity index (χ2n) is 5.46. The van der Waals surface area contributed by atoms with Crippen molar-refractivity contribution in [1.29, 1.82) is 5.26 Å². The van der Waals surface area contributed by atoms with Gasteiger partial charge in [0.1, 0.15) is 11.9 Å². The van der Waals surface area contributed by atoms with Gasteiger partial charge in [-0.2, -0.15) is 5.26 Å². The van der Waals surface area contributed by atoms with Crippen molar-refractivity contribution in [2.75, 3.05) is 31.1 Å². The number of hydrogen-bond donors (Lipinski definition) is 1. The lowest BCUT2D eigenvalue weighted by molar-refractivity contribution is 0.588. The minimum absolute atomic E-state index is 0.294. The molecule has 20 heavy (non-hydrogen) atoms. The van der Waals surface area contributed by atoms with E-state index in [1.807, 2.05) is 6.07 Å². The quantitative estimate of drug-likeness (QED) is 0.902. The highest BCUT2D eigenvalue weighted by atomic mass is 15.2. The molecule has 1 fully saturated rings. The number of nitriles is 1. The van der Waals surface area contributed by atoms with Crippen LogP contribution in [0.2, 0.25) is 0 Å². The van der Waals surface area contributed by atoms with Crippen LogP contribution in [0.4, 0.5) is 5.69 Å². The normalized spacial score (nSPS) is 15.8. The second-order valence-corrected chi connectivity index (χ2v) is 5.46. The number of fused-ring (bicyclic) bond motifs is 1. The second kappa shape index (κ2) is 5.14.